The van der Waals surface area contributed by atoms with Gasteiger partial charge in [0.1, 0.15) is 18.9 Å². The molecule has 0 aliphatic carbocycles. The van der Waals surface area contributed by atoms with Crippen molar-refractivity contribution in [2.75, 3.05) is 31.2 Å². The minimum atomic E-state index is -1.06. The number of amidine groups is 1. The van der Waals surface area contributed by atoms with E-state index in [2.05, 4.69) is 40.7 Å². The highest BCUT2D eigenvalue weighted by Gasteiger charge is 2.52. The Morgan fingerprint density at radius 2 is 1.89 bits per heavy atom. The van der Waals surface area contributed by atoms with Gasteiger partial charge in [0.25, 0.3) is 11.6 Å². The topological polar surface area (TPSA) is 44.9 Å². The number of hydrogen-bond donors (Lipinski definition) is 1. The minimum absolute atomic E-state index is 0.519. The second-order valence-corrected chi connectivity index (χ2v) is 7.63. The summed E-state index contributed by atoms with van der Waals surface area (Å²) in [5.74, 6) is 2.69. The molecule has 1 N–H and O–H groups in total. The van der Waals surface area contributed by atoms with Crippen molar-refractivity contribution < 1.29 is 19.2 Å². The minimum Gasteiger partial charge on any atom is -0.486 e. The molecule has 0 spiro atoms. The Balaban J connectivity index is 1.59. The summed E-state index contributed by atoms with van der Waals surface area (Å²) in [5, 5.41) is 11.8. The number of fused-ring (bicyclic) bond motifs is 1. The summed E-state index contributed by atoms with van der Waals surface area (Å²) in [7, 11) is 0. The van der Waals surface area contributed by atoms with Gasteiger partial charge in [-0.2, -0.15) is 0 Å². The van der Waals surface area contributed by atoms with Gasteiger partial charge in [0, 0.05) is 12.0 Å². The zero-order chi connectivity index (χ0) is 18.4. The van der Waals surface area contributed by atoms with E-state index in [4.69, 9.17) is 9.47 Å². The van der Waals surface area contributed by atoms with Gasteiger partial charge in [-0.05, 0) is 55.7 Å². The first kappa shape index (κ1) is 16.6. The first-order chi connectivity index (χ1) is 13.1. The van der Waals surface area contributed by atoms with Crippen LogP contribution in [0.1, 0.15) is 30.4 Å². The molecule has 140 valence electrons. The maximum Gasteiger partial charge on any atom is 0.271 e. The third kappa shape index (κ3) is 2.69. The molecule has 0 saturated carbocycles. The van der Waals surface area contributed by atoms with Crippen LogP contribution in [0.3, 0.4) is 0 Å². The normalized spacial score (nSPS) is 24.1. The molecule has 3 heterocycles. The fourth-order valence-corrected chi connectivity index (χ4v) is 4.47. The third-order valence-corrected chi connectivity index (χ3v) is 5.80. The summed E-state index contributed by atoms with van der Waals surface area (Å²) < 4.78 is 13.6. The molecule has 1 unspecified atom stereocenters. The maximum absolute atomic E-state index is 11.8. The van der Waals surface area contributed by atoms with Gasteiger partial charge in [0.15, 0.2) is 18.0 Å². The summed E-state index contributed by atoms with van der Waals surface area (Å²) in [5.41, 5.74) is 2.17. The Bertz CT molecular complexity index is 924. The lowest BCUT2D eigenvalue weighted by Gasteiger charge is -2.26. The van der Waals surface area contributed by atoms with Crippen LogP contribution in [0.5, 0.6) is 11.5 Å². The molecule has 5 rings (SSSR count). The van der Waals surface area contributed by atoms with E-state index < -0.39 is 5.72 Å². The molecule has 0 bridgehead atoms. The van der Waals surface area contributed by atoms with Gasteiger partial charge >= 0.3 is 0 Å². The summed E-state index contributed by atoms with van der Waals surface area (Å²) in [6.07, 6.45) is 3.24. The standard InChI is InChI=1S/C22H25N2O3/c1-16-5-4-6-18(13-16)23-15-22(25,24-10-3-2-7-21(23)24)17-8-9-19-20(14-17)27-12-11-26-19/h4-6,8-9,13-14,25H,2-3,7,10-12,15H2,1H3/q+1. The van der Waals surface area contributed by atoms with Crippen LogP contribution in [0.25, 0.3) is 0 Å². The lowest BCUT2D eigenvalue weighted by molar-refractivity contribution is -0.661. The summed E-state index contributed by atoms with van der Waals surface area (Å²) in [4.78, 5) is 2.28. The van der Waals surface area contributed by atoms with E-state index in [-0.39, 0.29) is 0 Å². The maximum atomic E-state index is 11.8. The molecule has 0 radical (unpaired) electrons. The van der Waals surface area contributed by atoms with Gasteiger partial charge in [-0.3, -0.25) is 0 Å². The molecule has 5 nitrogen and oxygen atoms in total. The van der Waals surface area contributed by atoms with Crippen molar-refractivity contribution in [2.45, 2.75) is 31.9 Å². The molecule has 27 heavy (non-hydrogen) atoms. The third-order valence-electron chi connectivity index (χ3n) is 5.80. The number of benzene rings is 2. The fraction of sp³-hybridized carbons (Fsp3) is 0.409. The first-order valence-electron chi connectivity index (χ1n) is 9.75. The number of aliphatic hydroxyl groups is 1. The van der Waals surface area contributed by atoms with Gasteiger partial charge in [-0.25, -0.2) is 9.48 Å². The van der Waals surface area contributed by atoms with E-state index in [1.54, 1.807) is 0 Å². The predicted molar refractivity (Wildman–Crippen MR) is 104 cm³/mol. The van der Waals surface area contributed by atoms with Gasteiger partial charge in [-0.1, -0.05) is 12.1 Å². The van der Waals surface area contributed by atoms with Crippen LogP contribution in [-0.2, 0) is 5.72 Å². The molecule has 0 aromatic heterocycles. The lowest BCUT2D eigenvalue weighted by Crippen LogP contribution is -2.41. The zero-order valence-electron chi connectivity index (χ0n) is 15.6. The molecular weight excluding hydrogens is 340 g/mol. The number of hydrogen-bond acceptors (Lipinski definition) is 4. The molecule has 2 aromatic rings. The van der Waals surface area contributed by atoms with Crippen LogP contribution in [0.15, 0.2) is 42.5 Å². The van der Waals surface area contributed by atoms with Crippen molar-refractivity contribution in [2.24, 2.45) is 0 Å². The Kier molecular flexibility index (Phi) is 3.86. The van der Waals surface area contributed by atoms with Crippen molar-refractivity contribution in [1.29, 1.82) is 0 Å². The SMILES string of the molecule is Cc1cccc(N2CC(O)(c3ccc4c(c3)OCCO4)[N+]3=C2CCCC3)c1. The zero-order valence-corrected chi connectivity index (χ0v) is 15.6. The van der Waals surface area contributed by atoms with E-state index in [1.165, 1.54) is 11.4 Å². The average molecular weight is 365 g/mol. The van der Waals surface area contributed by atoms with Crippen molar-refractivity contribution in [1.82, 2.24) is 0 Å². The highest BCUT2D eigenvalue weighted by molar-refractivity contribution is 5.96. The van der Waals surface area contributed by atoms with Crippen LogP contribution < -0.4 is 14.4 Å². The van der Waals surface area contributed by atoms with E-state index >= 15 is 0 Å². The number of anilines is 1. The van der Waals surface area contributed by atoms with Crippen molar-refractivity contribution in [3.63, 3.8) is 0 Å². The number of ether oxygens (including phenoxy) is 2. The molecule has 1 atom stereocenters. The van der Waals surface area contributed by atoms with Crippen LogP contribution >= 0.6 is 0 Å². The molecule has 0 saturated heterocycles. The highest BCUT2D eigenvalue weighted by atomic mass is 16.6. The van der Waals surface area contributed by atoms with Gasteiger partial charge in [-0.15, -0.1) is 0 Å². The first-order valence-corrected chi connectivity index (χ1v) is 9.75. The largest absolute Gasteiger partial charge is 0.486 e. The smallest absolute Gasteiger partial charge is 0.271 e. The second kappa shape index (κ2) is 6.27. The van der Waals surface area contributed by atoms with E-state index in [1.807, 2.05) is 18.2 Å². The molecule has 0 fully saturated rings. The van der Waals surface area contributed by atoms with E-state index in [9.17, 15) is 5.11 Å². The summed E-state index contributed by atoms with van der Waals surface area (Å²) >= 11 is 0. The number of aryl methyl sites for hydroxylation is 1. The van der Waals surface area contributed by atoms with E-state index in [0.717, 1.165) is 48.6 Å². The van der Waals surface area contributed by atoms with Gasteiger partial charge in [0.05, 0.1) is 6.54 Å². The van der Waals surface area contributed by atoms with Crippen LogP contribution in [0.4, 0.5) is 5.69 Å². The van der Waals surface area contributed by atoms with E-state index in [0.29, 0.717) is 19.8 Å². The molecular formula is C22H25N2O3+. The summed E-state index contributed by atoms with van der Waals surface area (Å²) in [6.45, 7) is 4.61. The van der Waals surface area contributed by atoms with Crippen LogP contribution in [0, 0.1) is 6.92 Å². The lowest BCUT2D eigenvalue weighted by atomic mass is 10.0. The predicted octanol–water partition coefficient (Wildman–Crippen LogP) is 3.03. The molecule has 3 aliphatic heterocycles. The second-order valence-electron chi connectivity index (χ2n) is 7.63. The molecule has 2 aromatic carbocycles. The van der Waals surface area contributed by atoms with Gasteiger partial charge in [0.2, 0.25) is 0 Å². The fourth-order valence-electron chi connectivity index (χ4n) is 4.47. The van der Waals surface area contributed by atoms with Crippen molar-refractivity contribution in [3.8, 4) is 11.5 Å². The average Bonchev–Trinajstić information content (AvgIpc) is 3.02. The quantitative estimate of drug-likeness (QED) is 0.831. The Hall–Kier alpha value is -2.53. The van der Waals surface area contributed by atoms with Gasteiger partial charge < -0.3 is 14.6 Å². The van der Waals surface area contributed by atoms with Crippen molar-refractivity contribution in [3.05, 3.63) is 53.6 Å². The highest BCUT2D eigenvalue weighted by Crippen LogP contribution is 2.39. The number of nitrogens with zero attached hydrogens (tertiary/aromatic N) is 2. The number of rotatable bonds is 2. The van der Waals surface area contributed by atoms with Crippen LogP contribution in [-0.4, -0.2) is 41.8 Å². The summed E-state index contributed by atoms with van der Waals surface area (Å²) in [6, 6.07) is 14.3. The Morgan fingerprint density at radius 1 is 1.04 bits per heavy atom. The molecule has 5 heteroatoms. The Morgan fingerprint density at radius 3 is 2.74 bits per heavy atom. The molecule has 0 amide bonds. The monoisotopic (exact) mass is 365 g/mol. The Labute approximate surface area is 159 Å². The number of β-amino-alcohol motifs (C(OH)–C–C–N with tert-alkyl or cyclic N) is 1. The van der Waals surface area contributed by atoms with Crippen LogP contribution in [0.2, 0.25) is 0 Å². The van der Waals surface area contributed by atoms with Crippen molar-refractivity contribution >= 4 is 11.5 Å². The molecule has 3 aliphatic rings.